The van der Waals surface area contributed by atoms with Crippen LogP contribution in [0.15, 0.2) is 4.99 Å². The van der Waals surface area contributed by atoms with Crippen LogP contribution < -0.4 is 10.6 Å². The zero-order valence-corrected chi connectivity index (χ0v) is 15.8. The molecule has 2 N–H and O–H groups in total. The van der Waals surface area contributed by atoms with E-state index in [1.165, 1.54) is 0 Å². The molecule has 142 valence electrons. The minimum Gasteiger partial charge on any atom is -0.444 e. The highest BCUT2D eigenvalue weighted by Gasteiger charge is 2.36. The van der Waals surface area contributed by atoms with Crippen molar-refractivity contribution >= 4 is 18.0 Å². The molecular formula is C17H31N5O3. The predicted molar refractivity (Wildman–Crippen MR) is 96.5 cm³/mol. The molecule has 0 bridgehead atoms. The van der Waals surface area contributed by atoms with E-state index in [1.54, 1.807) is 4.90 Å². The van der Waals surface area contributed by atoms with Crippen LogP contribution in [0, 0.1) is 0 Å². The molecule has 0 saturated carbocycles. The minimum atomic E-state index is -0.481. The third-order valence-corrected chi connectivity index (χ3v) is 4.07. The van der Waals surface area contributed by atoms with Crippen LogP contribution in [0.1, 0.15) is 40.5 Å². The number of fused-ring (bicyclic) bond motifs is 1. The van der Waals surface area contributed by atoms with E-state index in [2.05, 4.69) is 20.5 Å². The van der Waals surface area contributed by atoms with Crippen LogP contribution in [0.2, 0.25) is 0 Å². The Labute approximate surface area is 150 Å². The van der Waals surface area contributed by atoms with E-state index >= 15 is 0 Å². The van der Waals surface area contributed by atoms with E-state index in [4.69, 9.17) is 4.74 Å². The molecule has 2 aliphatic rings. The Morgan fingerprint density at radius 3 is 2.72 bits per heavy atom. The van der Waals surface area contributed by atoms with Crippen molar-refractivity contribution in [1.82, 2.24) is 20.4 Å². The Bertz CT molecular complexity index is 515. The third kappa shape index (κ3) is 5.79. The van der Waals surface area contributed by atoms with Crippen molar-refractivity contribution in [3.05, 3.63) is 0 Å². The first-order valence-corrected chi connectivity index (χ1v) is 9.09. The van der Waals surface area contributed by atoms with Gasteiger partial charge in [0.15, 0.2) is 5.96 Å². The normalized spacial score (nSPS) is 20.0. The van der Waals surface area contributed by atoms with Crippen molar-refractivity contribution in [3.63, 3.8) is 0 Å². The van der Waals surface area contributed by atoms with Gasteiger partial charge in [0, 0.05) is 39.1 Å². The minimum absolute atomic E-state index is 0.0549. The highest BCUT2D eigenvalue weighted by molar-refractivity contribution is 5.83. The molecule has 8 nitrogen and oxygen atoms in total. The molecule has 1 atom stereocenters. The van der Waals surface area contributed by atoms with Gasteiger partial charge in [0.1, 0.15) is 5.60 Å². The number of carbonyl (C=O) groups excluding carboxylic acids is 2. The van der Waals surface area contributed by atoms with Crippen LogP contribution >= 0.6 is 0 Å². The maximum atomic E-state index is 12.2. The number of rotatable bonds is 5. The second kappa shape index (κ2) is 8.40. The lowest BCUT2D eigenvalue weighted by Gasteiger charge is -2.39. The summed E-state index contributed by atoms with van der Waals surface area (Å²) in [5.74, 6) is 0.886. The van der Waals surface area contributed by atoms with Crippen LogP contribution in [-0.2, 0) is 9.53 Å². The summed E-state index contributed by atoms with van der Waals surface area (Å²) in [6, 6.07) is 0.178. The molecule has 2 heterocycles. The zero-order valence-electron chi connectivity index (χ0n) is 15.8. The van der Waals surface area contributed by atoms with Crippen LogP contribution in [0.3, 0.4) is 0 Å². The topological polar surface area (TPSA) is 86.3 Å². The molecule has 0 aromatic carbocycles. The van der Waals surface area contributed by atoms with Gasteiger partial charge in [-0.2, -0.15) is 0 Å². The van der Waals surface area contributed by atoms with Gasteiger partial charge in [0.25, 0.3) is 0 Å². The number of guanidine groups is 1. The van der Waals surface area contributed by atoms with Crippen molar-refractivity contribution in [3.8, 4) is 0 Å². The fourth-order valence-electron chi connectivity index (χ4n) is 2.86. The smallest absolute Gasteiger partial charge is 0.410 e. The quantitative estimate of drug-likeness (QED) is 0.763. The molecule has 1 saturated heterocycles. The van der Waals surface area contributed by atoms with Gasteiger partial charge in [-0.3, -0.25) is 9.79 Å². The van der Waals surface area contributed by atoms with E-state index in [0.29, 0.717) is 39.1 Å². The molecule has 25 heavy (non-hydrogen) atoms. The summed E-state index contributed by atoms with van der Waals surface area (Å²) in [5.41, 5.74) is -0.481. The SMILES string of the molecule is CCCNC(=O)CCNC1=NCC2CN(C(=O)OC(C)(C)C)CCN12. The molecule has 0 spiro atoms. The maximum Gasteiger partial charge on any atom is 0.410 e. The fraction of sp³-hybridized carbons (Fsp3) is 0.824. The Morgan fingerprint density at radius 2 is 2.04 bits per heavy atom. The second-order valence-corrected chi connectivity index (χ2v) is 7.46. The Morgan fingerprint density at radius 1 is 1.28 bits per heavy atom. The van der Waals surface area contributed by atoms with Crippen LogP contribution in [0.5, 0.6) is 0 Å². The number of aliphatic imine (C=N–C) groups is 1. The first-order chi connectivity index (χ1) is 11.8. The molecular weight excluding hydrogens is 322 g/mol. The van der Waals surface area contributed by atoms with Gasteiger partial charge >= 0.3 is 6.09 Å². The Kier molecular flexibility index (Phi) is 6.50. The summed E-state index contributed by atoms with van der Waals surface area (Å²) in [7, 11) is 0. The van der Waals surface area contributed by atoms with Gasteiger partial charge in [0.05, 0.1) is 12.6 Å². The van der Waals surface area contributed by atoms with Crippen LogP contribution in [0.25, 0.3) is 0 Å². The number of nitrogens with one attached hydrogen (secondary N) is 2. The second-order valence-electron chi connectivity index (χ2n) is 7.46. The summed E-state index contributed by atoms with van der Waals surface area (Å²) in [6.07, 6.45) is 1.11. The number of carbonyl (C=O) groups is 2. The first-order valence-electron chi connectivity index (χ1n) is 9.09. The lowest BCUT2D eigenvalue weighted by Crippen LogP contribution is -2.57. The molecule has 1 unspecified atom stereocenters. The number of hydrogen-bond acceptors (Lipinski definition) is 6. The highest BCUT2D eigenvalue weighted by Crippen LogP contribution is 2.18. The summed E-state index contributed by atoms with van der Waals surface area (Å²) < 4.78 is 5.45. The van der Waals surface area contributed by atoms with E-state index in [1.807, 2.05) is 27.7 Å². The number of piperazine rings is 1. The summed E-state index contributed by atoms with van der Waals surface area (Å²) in [5, 5.41) is 6.11. The average molecular weight is 353 g/mol. The lowest BCUT2D eigenvalue weighted by atomic mass is 10.2. The van der Waals surface area contributed by atoms with E-state index in [0.717, 1.165) is 18.9 Å². The van der Waals surface area contributed by atoms with Crippen molar-refractivity contribution in [2.45, 2.75) is 52.2 Å². The molecule has 2 amide bonds. The molecule has 8 heteroatoms. The van der Waals surface area contributed by atoms with Crippen LogP contribution in [-0.4, -0.2) is 78.7 Å². The van der Waals surface area contributed by atoms with Crippen molar-refractivity contribution in [2.75, 3.05) is 39.3 Å². The maximum absolute atomic E-state index is 12.2. The lowest BCUT2D eigenvalue weighted by molar-refractivity contribution is -0.120. The Hall–Kier alpha value is -1.99. The zero-order chi connectivity index (χ0) is 18.4. The predicted octanol–water partition coefficient (Wildman–Crippen LogP) is 0.783. The highest BCUT2D eigenvalue weighted by atomic mass is 16.6. The molecule has 0 aromatic rings. The molecule has 0 aliphatic carbocycles. The average Bonchev–Trinajstić information content (AvgIpc) is 2.93. The number of nitrogens with zero attached hydrogens (tertiary/aromatic N) is 3. The third-order valence-electron chi connectivity index (χ3n) is 4.07. The monoisotopic (exact) mass is 353 g/mol. The number of amides is 2. The van der Waals surface area contributed by atoms with Crippen molar-refractivity contribution in [2.24, 2.45) is 4.99 Å². The van der Waals surface area contributed by atoms with Gasteiger partial charge in [-0.1, -0.05) is 6.92 Å². The Balaban J connectivity index is 1.74. The van der Waals surface area contributed by atoms with Crippen LogP contribution in [0.4, 0.5) is 4.79 Å². The number of hydrogen-bond donors (Lipinski definition) is 2. The summed E-state index contributed by atoms with van der Waals surface area (Å²) >= 11 is 0. The summed E-state index contributed by atoms with van der Waals surface area (Å²) in [4.78, 5) is 32.3. The summed E-state index contributed by atoms with van der Waals surface area (Å²) in [6.45, 7) is 11.5. The van der Waals surface area contributed by atoms with Gasteiger partial charge in [0.2, 0.25) is 5.91 Å². The van der Waals surface area contributed by atoms with E-state index < -0.39 is 5.60 Å². The van der Waals surface area contributed by atoms with E-state index in [-0.39, 0.29) is 18.0 Å². The first kappa shape index (κ1) is 19.3. The molecule has 1 fully saturated rings. The van der Waals surface area contributed by atoms with Crippen molar-refractivity contribution < 1.29 is 14.3 Å². The van der Waals surface area contributed by atoms with Gasteiger partial charge in [-0.25, -0.2) is 4.79 Å². The molecule has 0 radical (unpaired) electrons. The fourth-order valence-corrected chi connectivity index (χ4v) is 2.86. The van der Waals surface area contributed by atoms with Gasteiger partial charge in [-0.15, -0.1) is 0 Å². The van der Waals surface area contributed by atoms with Gasteiger partial charge < -0.3 is 25.2 Å². The number of ether oxygens (including phenoxy) is 1. The van der Waals surface area contributed by atoms with Crippen molar-refractivity contribution in [1.29, 1.82) is 0 Å². The molecule has 2 aliphatic heterocycles. The molecule has 2 rings (SSSR count). The largest absolute Gasteiger partial charge is 0.444 e. The standard InChI is InChI=1S/C17H31N5O3/c1-5-7-18-14(23)6-8-19-15-20-11-13-12-21(9-10-22(13)15)16(24)25-17(2,3)4/h13H,5-12H2,1-4H3,(H,18,23)(H,19,20). The van der Waals surface area contributed by atoms with Gasteiger partial charge in [-0.05, 0) is 27.2 Å². The van der Waals surface area contributed by atoms with E-state index in [9.17, 15) is 9.59 Å². The molecule has 0 aromatic heterocycles.